The van der Waals surface area contributed by atoms with Crippen LogP contribution in [-0.4, -0.2) is 41.7 Å². The monoisotopic (exact) mass is 294 g/mol. The molecule has 1 amide bonds. The predicted molar refractivity (Wildman–Crippen MR) is 79.4 cm³/mol. The summed E-state index contributed by atoms with van der Waals surface area (Å²) < 4.78 is 5.42. The Morgan fingerprint density at radius 3 is 2.86 bits per heavy atom. The first-order valence-electron chi connectivity index (χ1n) is 6.84. The van der Waals surface area contributed by atoms with E-state index in [-0.39, 0.29) is 17.4 Å². The number of amides is 1. The van der Waals surface area contributed by atoms with Crippen LogP contribution in [0.15, 0.2) is 23.5 Å². The van der Waals surface area contributed by atoms with Gasteiger partial charge in [0.25, 0.3) is 5.91 Å². The van der Waals surface area contributed by atoms with Crippen molar-refractivity contribution in [2.75, 3.05) is 19.8 Å². The highest BCUT2D eigenvalue weighted by atomic mass is 16.5. The zero-order valence-electron chi connectivity index (χ0n) is 12.4. The van der Waals surface area contributed by atoms with Gasteiger partial charge in [-0.3, -0.25) is 9.78 Å². The molecule has 0 atom stereocenters. The zero-order chi connectivity index (χ0) is 15.7. The Kier molecular flexibility index (Phi) is 7.17. The molecular weight excluding hydrogens is 272 g/mol. The highest BCUT2D eigenvalue weighted by Crippen LogP contribution is 2.00. The molecule has 7 heteroatoms. The molecule has 0 aliphatic carbocycles. The van der Waals surface area contributed by atoms with Gasteiger partial charge in [0.2, 0.25) is 0 Å². The third-order valence-electron chi connectivity index (χ3n) is 2.60. The topological polar surface area (TPSA) is 110 Å². The van der Waals surface area contributed by atoms with Crippen molar-refractivity contribution in [1.29, 1.82) is 0 Å². The summed E-state index contributed by atoms with van der Waals surface area (Å²) in [4.78, 5) is 15.8. The summed E-state index contributed by atoms with van der Waals surface area (Å²) in [7, 11) is 0. The van der Waals surface area contributed by atoms with Crippen molar-refractivity contribution < 1.29 is 14.7 Å². The van der Waals surface area contributed by atoms with Crippen molar-refractivity contribution in [3.63, 3.8) is 0 Å². The Bertz CT molecular complexity index is 472. The Morgan fingerprint density at radius 2 is 2.29 bits per heavy atom. The highest BCUT2D eigenvalue weighted by molar-refractivity contribution is 5.98. The lowest BCUT2D eigenvalue weighted by Gasteiger charge is -2.07. The van der Waals surface area contributed by atoms with E-state index in [1.807, 2.05) is 0 Å². The van der Waals surface area contributed by atoms with Crippen molar-refractivity contribution in [3.05, 3.63) is 29.6 Å². The molecule has 0 aliphatic heterocycles. The summed E-state index contributed by atoms with van der Waals surface area (Å²) in [5, 5.41) is 14.2. The fraction of sp³-hybridized carbons (Fsp3) is 0.500. The van der Waals surface area contributed by atoms with Crippen LogP contribution in [0.3, 0.4) is 0 Å². The van der Waals surface area contributed by atoms with Crippen LogP contribution < -0.4 is 11.1 Å². The van der Waals surface area contributed by atoms with Crippen molar-refractivity contribution in [2.45, 2.75) is 20.3 Å². The second-order valence-corrected chi connectivity index (χ2v) is 5.00. The van der Waals surface area contributed by atoms with Crippen LogP contribution >= 0.6 is 0 Å². The van der Waals surface area contributed by atoms with Gasteiger partial charge in [-0.25, -0.2) is 0 Å². The maximum atomic E-state index is 11.8. The fourth-order valence-corrected chi connectivity index (χ4v) is 1.52. The number of ether oxygens (including phenoxy) is 1. The van der Waals surface area contributed by atoms with Crippen molar-refractivity contribution in [3.8, 4) is 0 Å². The molecule has 7 nitrogen and oxygen atoms in total. The Morgan fingerprint density at radius 1 is 1.52 bits per heavy atom. The van der Waals surface area contributed by atoms with Crippen LogP contribution in [0.2, 0.25) is 0 Å². The number of rotatable bonds is 8. The lowest BCUT2D eigenvalue weighted by Crippen LogP contribution is -2.26. The van der Waals surface area contributed by atoms with Gasteiger partial charge in [-0.05, 0) is 24.5 Å². The predicted octanol–water partition coefficient (Wildman–Crippen LogP) is 0.969. The smallest absolute Gasteiger partial charge is 0.269 e. The van der Waals surface area contributed by atoms with Gasteiger partial charge in [0.15, 0.2) is 5.84 Å². The molecule has 0 fully saturated rings. The SMILES string of the molecule is CC(C)COCCCNC(=O)c1ccc(/C(N)=N/O)cn1. The third kappa shape index (κ3) is 6.22. The maximum Gasteiger partial charge on any atom is 0.269 e. The van der Waals surface area contributed by atoms with Crippen LogP contribution in [0.5, 0.6) is 0 Å². The first-order valence-corrected chi connectivity index (χ1v) is 6.84. The Hall–Kier alpha value is -2.15. The maximum absolute atomic E-state index is 11.8. The van der Waals surface area contributed by atoms with Gasteiger partial charge in [0, 0.05) is 31.5 Å². The summed E-state index contributed by atoms with van der Waals surface area (Å²) >= 11 is 0. The van der Waals surface area contributed by atoms with Gasteiger partial charge >= 0.3 is 0 Å². The molecule has 0 aromatic carbocycles. The zero-order valence-corrected chi connectivity index (χ0v) is 12.4. The summed E-state index contributed by atoms with van der Waals surface area (Å²) in [6.07, 6.45) is 2.14. The summed E-state index contributed by atoms with van der Waals surface area (Å²) in [6, 6.07) is 3.10. The Balaban J connectivity index is 2.32. The van der Waals surface area contributed by atoms with Crippen molar-refractivity contribution in [2.24, 2.45) is 16.8 Å². The van der Waals surface area contributed by atoms with Crippen molar-refractivity contribution >= 4 is 11.7 Å². The largest absolute Gasteiger partial charge is 0.409 e. The quantitative estimate of drug-likeness (QED) is 0.217. The van der Waals surface area contributed by atoms with Crippen LogP contribution in [0.25, 0.3) is 0 Å². The minimum Gasteiger partial charge on any atom is -0.409 e. The molecule has 116 valence electrons. The summed E-state index contributed by atoms with van der Waals surface area (Å²) in [5.74, 6) is 0.207. The fourth-order valence-electron chi connectivity index (χ4n) is 1.52. The number of oxime groups is 1. The molecule has 4 N–H and O–H groups in total. The minimum atomic E-state index is -0.259. The first-order chi connectivity index (χ1) is 10.0. The molecule has 0 unspecified atom stereocenters. The number of aromatic nitrogens is 1. The van der Waals surface area contributed by atoms with Gasteiger partial charge < -0.3 is 21.0 Å². The van der Waals surface area contributed by atoms with E-state index in [2.05, 4.69) is 29.3 Å². The van der Waals surface area contributed by atoms with E-state index in [9.17, 15) is 4.79 Å². The van der Waals surface area contributed by atoms with Crippen molar-refractivity contribution in [1.82, 2.24) is 10.3 Å². The summed E-state index contributed by atoms with van der Waals surface area (Å²) in [6.45, 7) is 6.05. The van der Waals surface area contributed by atoms with E-state index in [1.165, 1.54) is 12.3 Å². The number of hydrogen-bond acceptors (Lipinski definition) is 5. The van der Waals surface area contributed by atoms with E-state index >= 15 is 0 Å². The molecule has 0 bridgehead atoms. The van der Waals surface area contributed by atoms with E-state index in [0.29, 0.717) is 24.6 Å². The molecule has 0 radical (unpaired) electrons. The van der Waals surface area contributed by atoms with Crippen LogP contribution in [0.1, 0.15) is 36.3 Å². The molecule has 0 saturated heterocycles. The number of nitrogens with two attached hydrogens (primary N) is 1. The molecule has 0 saturated carbocycles. The van der Waals surface area contributed by atoms with Gasteiger partial charge in [-0.2, -0.15) is 0 Å². The molecule has 1 rings (SSSR count). The molecule has 21 heavy (non-hydrogen) atoms. The normalized spacial score (nSPS) is 11.7. The van der Waals surface area contributed by atoms with Gasteiger partial charge in [-0.15, -0.1) is 0 Å². The van der Waals surface area contributed by atoms with E-state index < -0.39 is 0 Å². The van der Waals surface area contributed by atoms with Crippen LogP contribution in [-0.2, 0) is 4.74 Å². The average Bonchev–Trinajstić information content (AvgIpc) is 2.49. The number of pyridine rings is 1. The average molecular weight is 294 g/mol. The van der Waals surface area contributed by atoms with Gasteiger partial charge in [0.05, 0.1) is 0 Å². The van der Waals surface area contributed by atoms with E-state index in [0.717, 1.165) is 13.0 Å². The van der Waals surface area contributed by atoms with E-state index in [4.69, 9.17) is 15.7 Å². The van der Waals surface area contributed by atoms with Crippen LogP contribution in [0.4, 0.5) is 0 Å². The second-order valence-electron chi connectivity index (χ2n) is 5.00. The molecule has 1 aromatic heterocycles. The summed E-state index contributed by atoms with van der Waals surface area (Å²) in [5.41, 5.74) is 6.15. The number of hydrogen-bond donors (Lipinski definition) is 3. The number of amidine groups is 1. The van der Waals surface area contributed by atoms with Gasteiger partial charge in [0.1, 0.15) is 5.69 Å². The number of carbonyl (C=O) groups is 1. The highest BCUT2D eigenvalue weighted by Gasteiger charge is 2.07. The van der Waals surface area contributed by atoms with E-state index in [1.54, 1.807) is 6.07 Å². The third-order valence-corrected chi connectivity index (χ3v) is 2.60. The lowest BCUT2D eigenvalue weighted by molar-refractivity contribution is 0.0920. The first kappa shape index (κ1) is 16.9. The molecule has 1 aromatic rings. The number of carbonyl (C=O) groups excluding carboxylic acids is 1. The Labute approximate surface area is 124 Å². The second kappa shape index (κ2) is 8.91. The number of nitrogens with one attached hydrogen (secondary N) is 1. The standard InChI is InChI=1S/C14H22N4O3/c1-10(2)9-21-7-3-6-16-14(19)12-5-4-11(8-17-12)13(15)18-20/h4-5,8,10,20H,3,6-7,9H2,1-2H3,(H2,15,18)(H,16,19). The molecule has 1 heterocycles. The lowest BCUT2D eigenvalue weighted by atomic mass is 10.2. The molecule has 0 aliphatic rings. The van der Waals surface area contributed by atoms with Crippen LogP contribution in [0, 0.1) is 5.92 Å². The minimum absolute atomic E-state index is 0.0447. The molecular formula is C14H22N4O3. The molecule has 0 spiro atoms. The van der Waals surface area contributed by atoms with Gasteiger partial charge in [-0.1, -0.05) is 19.0 Å². The number of nitrogens with zero attached hydrogens (tertiary/aromatic N) is 2.